The molecule has 0 saturated carbocycles. The van der Waals surface area contributed by atoms with Gasteiger partial charge in [-0.15, -0.1) is 0 Å². The molecular weight excluding hydrogens is 496 g/mol. The number of aromatic nitrogens is 3. The van der Waals surface area contributed by atoms with Gasteiger partial charge in [-0.25, -0.2) is 27.9 Å². The predicted octanol–water partition coefficient (Wildman–Crippen LogP) is 3.82. The van der Waals surface area contributed by atoms with Gasteiger partial charge in [-0.2, -0.15) is 5.10 Å². The Morgan fingerprint density at radius 1 is 1.10 bits per heavy atom. The number of carboxylic acids is 1. The maximum absolute atomic E-state index is 12.0. The zero-order valence-corrected chi connectivity index (χ0v) is 18.1. The van der Waals surface area contributed by atoms with Gasteiger partial charge in [0, 0.05) is 26.8 Å². The lowest BCUT2D eigenvalue weighted by molar-refractivity contribution is 0.0694. The van der Waals surface area contributed by atoms with E-state index in [2.05, 4.69) is 26.0 Å². The fraction of sp³-hybridized carbons (Fsp3) is 0. The number of halogens is 2. The van der Waals surface area contributed by atoms with Crippen LogP contribution in [0.1, 0.15) is 10.4 Å². The molecule has 30 heavy (non-hydrogen) atoms. The molecule has 0 radical (unpaired) electrons. The summed E-state index contributed by atoms with van der Waals surface area (Å²) < 4.78 is 26.0. The minimum absolute atomic E-state index is 0.146. The third-order valence-corrected chi connectivity index (χ3v) is 6.15. The highest BCUT2D eigenvalue weighted by atomic mass is 79.9. The molecule has 0 bridgehead atoms. The highest BCUT2D eigenvalue weighted by Gasteiger charge is 2.30. The van der Waals surface area contributed by atoms with E-state index < -0.39 is 26.6 Å². The predicted molar refractivity (Wildman–Crippen MR) is 115 cm³/mol. The molecule has 2 aromatic heterocycles. The number of carboxylic acid groups (broad SMARTS) is 1. The second kappa shape index (κ2) is 7.47. The SMILES string of the molecule is NS(=O)(=O)c1nn2c(-c3ccc(Cl)cc3)c(-c3ccccc3Br)cnc2c1C(=O)O. The molecule has 2 aromatic carbocycles. The largest absolute Gasteiger partial charge is 0.477 e. The number of sulfonamides is 1. The number of carbonyl (C=O) groups is 1. The molecule has 0 spiro atoms. The first-order valence-corrected chi connectivity index (χ1v) is 11.1. The van der Waals surface area contributed by atoms with Gasteiger partial charge in [-0.1, -0.05) is 57.9 Å². The van der Waals surface area contributed by atoms with Crippen molar-refractivity contribution in [2.45, 2.75) is 5.03 Å². The summed E-state index contributed by atoms with van der Waals surface area (Å²) in [5, 5.41) is 18.6. The summed E-state index contributed by atoms with van der Waals surface area (Å²) in [6.07, 6.45) is 1.47. The third kappa shape index (κ3) is 3.47. The van der Waals surface area contributed by atoms with Gasteiger partial charge in [0.25, 0.3) is 10.0 Å². The fourth-order valence-corrected chi connectivity index (χ4v) is 4.40. The number of aromatic carboxylic acids is 1. The Bertz CT molecular complexity index is 1420. The van der Waals surface area contributed by atoms with Crippen LogP contribution >= 0.6 is 27.5 Å². The molecule has 0 atom stereocenters. The molecule has 8 nitrogen and oxygen atoms in total. The van der Waals surface area contributed by atoms with Gasteiger partial charge in [0.05, 0.1) is 5.69 Å². The summed E-state index contributed by atoms with van der Waals surface area (Å²) in [5.41, 5.74) is 1.66. The molecule has 0 aliphatic carbocycles. The summed E-state index contributed by atoms with van der Waals surface area (Å²) in [4.78, 5) is 16.0. The van der Waals surface area contributed by atoms with Gasteiger partial charge in [0.15, 0.2) is 5.65 Å². The Kier molecular flexibility index (Phi) is 5.10. The summed E-state index contributed by atoms with van der Waals surface area (Å²) in [6, 6.07) is 14.1. The molecule has 0 saturated heterocycles. The van der Waals surface area contributed by atoms with Crippen molar-refractivity contribution in [1.82, 2.24) is 14.6 Å². The minimum Gasteiger partial charge on any atom is -0.477 e. The lowest BCUT2D eigenvalue weighted by atomic mass is 10.0. The van der Waals surface area contributed by atoms with Crippen LogP contribution in [0.2, 0.25) is 5.02 Å². The van der Waals surface area contributed by atoms with Crippen LogP contribution in [-0.2, 0) is 10.0 Å². The highest BCUT2D eigenvalue weighted by Crippen LogP contribution is 2.37. The van der Waals surface area contributed by atoms with E-state index in [1.165, 1.54) is 10.7 Å². The number of hydrogen-bond acceptors (Lipinski definition) is 5. The molecule has 0 fully saturated rings. The maximum Gasteiger partial charge on any atom is 0.342 e. The zero-order chi connectivity index (χ0) is 21.6. The van der Waals surface area contributed by atoms with E-state index in [1.807, 2.05) is 24.3 Å². The average molecular weight is 508 g/mol. The fourth-order valence-electron chi connectivity index (χ4n) is 3.11. The van der Waals surface area contributed by atoms with E-state index >= 15 is 0 Å². The van der Waals surface area contributed by atoms with E-state index in [0.717, 1.165) is 10.0 Å². The standard InChI is InChI=1S/C19H12BrClN4O4S/c20-14-4-2-1-3-12(14)13-9-23-17-15(19(26)27)18(30(22,28)29)24-25(17)16(13)10-5-7-11(21)8-6-10/h1-9H,(H,26,27)(H2,22,28,29). The Morgan fingerprint density at radius 2 is 1.77 bits per heavy atom. The first kappa shape index (κ1) is 20.5. The first-order chi connectivity index (χ1) is 14.2. The molecule has 0 aliphatic heterocycles. The van der Waals surface area contributed by atoms with Crippen LogP contribution in [0.3, 0.4) is 0 Å². The molecule has 3 N–H and O–H groups in total. The van der Waals surface area contributed by atoms with Gasteiger partial charge in [-0.3, -0.25) is 0 Å². The Labute approximate surface area is 184 Å². The van der Waals surface area contributed by atoms with Crippen molar-refractivity contribution in [2.24, 2.45) is 5.14 Å². The average Bonchev–Trinajstić information content (AvgIpc) is 3.09. The van der Waals surface area contributed by atoms with Crippen molar-refractivity contribution in [1.29, 1.82) is 0 Å². The van der Waals surface area contributed by atoms with Crippen LogP contribution in [0.25, 0.3) is 28.0 Å². The van der Waals surface area contributed by atoms with Crippen LogP contribution in [0.5, 0.6) is 0 Å². The lowest BCUT2D eigenvalue weighted by Gasteiger charge is -2.13. The van der Waals surface area contributed by atoms with Crippen molar-refractivity contribution in [3.63, 3.8) is 0 Å². The van der Waals surface area contributed by atoms with Crippen molar-refractivity contribution < 1.29 is 18.3 Å². The maximum atomic E-state index is 12.0. The van der Waals surface area contributed by atoms with Gasteiger partial charge < -0.3 is 5.11 Å². The van der Waals surface area contributed by atoms with E-state index in [4.69, 9.17) is 16.7 Å². The number of rotatable bonds is 4. The van der Waals surface area contributed by atoms with Crippen LogP contribution in [0, 0.1) is 0 Å². The monoisotopic (exact) mass is 506 g/mol. The van der Waals surface area contributed by atoms with Gasteiger partial charge in [-0.05, 0) is 23.8 Å². The van der Waals surface area contributed by atoms with Crippen LogP contribution in [0.15, 0.2) is 64.2 Å². The van der Waals surface area contributed by atoms with Crippen molar-refractivity contribution in [2.75, 3.05) is 0 Å². The molecule has 4 rings (SSSR count). The topological polar surface area (TPSA) is 128 Å². The number of fused-ring (bicyclic) bond motifs is 1. The number of nitrogens with two attached hydrogens (primary N) is 1. The van der Waals surface area contributed by atoms with Crippen LogP contribution in [-0.4, -0.2) is 34.1 Å². The summed E-state index contributed by atoms with van der Waals surface area (Å²) in [5.74, 6) is -1.50. The zero-order valence-electron chi connectivity index (χ0n) is 15.0. The Morgan fingerprint density at radius 3 is 2.37 bits per heavy atom. The smallest absolute Gasteiger partial charge is 0.342 e. The molecule has 152 valence electrons. The van der Waals surface area contributed by atoms with Crippen molar-refractivity contribution >= 4 is 49.2 Å². The molecule has 2 heterocycles. The molecule has 0 unspecified atom stereocenters. The van der Waals surface area contributed by atoms with E-state index in [1.54, 1.807) is 24.3 Å². The second-order valence-electron chi connectivity index (χ2n) is 6.27. The van der Waals surface area contributed by atoms with Gasteiger partial charge in [0.1, 0.15) is 5.56 Å². The molecule has 0 amide bonds. The number of hydrogen-bond donors (Lipinski definition) is 2. The molecular formula is C19H12BrClN4O4S. The number of benzene rings is 2. The summed E-state index contributed by atoms with van der Waals surface area (Å²) >= 11 is 9.52. The van der Waals surface area contributed by atoms with E-state index in [0.29, 0.717) is 21.8 Å². The Balaban J connectivity index is 2.19. The second-order valence-corrected chi connectivity index (χ2v) is 9.04. The number of primary sulfonamides is 1. The normalized spacial score (nSPS) is 11.7. The van der Waals surface area contributed by atoms with Gasteiger partial charge in [0.2, 0.25) is 5.03 Å². The minimum atomic E-state index is -4.41. The molecule has 11 heteroatoms. The molecule has 0 aliphatic rings. The van der Waals surface area contributed by atoms with E-state index in [9.17, 15) is 18.3 Å². The molecule has 4 aromatic rings. The van der Waals surface area contributed by atoms with E-state index in [-0.39, 0.29) is 5.65 Å². The summed E-state index contributed by atoms with van der Waals surface area (Å²) in [6.45, 7) is 0. The van der Waals surface area contributed by atoms with Gasteiger partial charge >= 0.3 is 5.97 Å². The third-order valence-electron chi connectivity index (χ3n) is 4.38. The Hall–Kier alpha value is -2.79. The summed E-state index contributed by atoms with van der Waals surface area (Å²) in [7, 11) is -4.41. The number of nitrogens with zero attached hydrogens (tertiary/aromatic N) is 3. The first-order valence-electron chi connectivity index (χ1n) is 8.37. The van der Waals surface area contributed by atoms with Crippen LogP contribution < -0.4 is 5.14 Å². The lowest BCUT2D eigenvalue weighted by Crippen LogP contribution is -2.16. The van der Waals surface area contributed by atoms with Crippen molar-refractivity contribution in [3.05, 3.63) is 69.8 Å². The quantitative estimate of drug-likeness (QED) is 0.432. The van der Waals surface area contributed by atoms with Crippen molar-refractivity contribution in [3.8, 4) is 22.4 Å². The highest BCUT2D eigenvalue weighted by molar-refractivity contribution is 9.10. The van der Waals surface area contributed by atoms with Crippen LogP contribution in [0.4, 0.5) is 0 Å².